The molecular weight excluding hydrogens is 264 g/mol. The van der Waals surface area contributed by atoms with E-state index in [-0.39, 0.29) is 17.9 Å². The van der Waals surface area contributed by atoms with E-state index in [0.29, 0.717) is 0 Å². The van der Waals surface area contributed by atoms with Crippen LogP contribution in [0.5, 0.6) is 5.75 Å². The molecule has 0 saturated heterocycles. The van der Waals surface area contributed by atoms with Crippen LogP contribution in [0.3, 0.4) is 0 Å². The highest BCUT2D eigenvalue weighted by molar-refractivity contribution is 5.83. The fourth-order valence-electron chi connectivity index (χ4n) is 2.57. The van der Waals surface area contributed by atoms with Crippen molar-refractivity contribution in [3.63, 3.8) is 0 Å². The SMILES string of the molecule is CC(C)Oc1cccc(/C=N\NC(=O)C2CCCCC2)c1. The number of rotatable bonds is 5. The molecule has 1 aliphatic rings. The third-order valence-electron chi connectivity index (χ3n) is 3.59. The van der Waals surface area contributed by atoms with E-state index in [2.05, 4.69) is 10.5 Å². The zero-order valence-corrected chi connectivity index (χ0v) is 12.8. The van der Waals surface area contributed by atoms with Crippen molar-refractivity contribution in [3.8, 4) is 5.75 Å². The van der Waals surface area contributed by atoms with Crippen LogP contribution < -0.4 is 10.2 Å². The molecular formula is C17H24N2O2. The fourth-order valence-corrected chi connectivity index (χ4v) is 2.57. The molecule has 0 aliphatic heterocycles. The van der Waals surface area contributed by atoms with Crippen molar-refractivity contribution in [2.75, 3.05) is 0 Å². The highest BCUT2D eigenvalue weighted by atomic mass is 16.5. The van der Waals surface area contributed by atoms with Crippen LogP contribution in [0.1, 0.15) is 51.5 Å². The first-order valence-electron chi connectivity index (χ1n) is 7.75. The van der Waals surface area contributed by atoms with Gasteiger partial charge in [0.1, 0.15) is 5.75 Å². The highest BCUT2D eigenvalue weighted by Crippen LogP contribution is 2.23. The summed E-state index contributed by atoms with van der Waals surface area (Å²) in [6.07, 6.45) is 7.32. The normalized spacial score (nSPS) is 16.3. The predicted octanol–water partition coefficient (Wildman–Crippen LogP) is 3.50. The first-order chi connectivity index (χ1) is 10.1. The number of amides is 1. The summed E-state index contributed by atoms with van der Waals surface area (Å²) in [4.78, 5) is 12.0. The summed E-state index contributed by atoms with van der Waals surface area (Å²) in [7, 11) is 0. The number of benzene rings is 1. The van der Waals surface area contributed by atoms with Crippen LogP contribution in [-0.2, 0) is 4.79 Å². The minimum atomic E-state index is 0.0422. The number of hydrogen-bond donors (Lipinski definition) is 1. The van der Waals surface area contributed by atoms with Gasteiger partial charge in [0.25, 0.3) is 0 Å². The Morgan fingerprint density at radius 3 is 2.81 bits per heavy atom. The van der Waals surface area contributed by atoms with E-state index in [1.165, 1.54) is 6.42 Å². The summed E-state index contributed by atoms with van der Waals surface area (Å²) in [5.74, 6) is 0.986. The zero-order valence-electron chi connectivity index (χ0n) is 12.8. The van der Waals surface area contributed by atoms with E-state index < -0.39 is 0 Å². The molecule has 1 aromatic carbocycles. The Kier molecular flexibility index (Phi) is 5.78. The largest absolute Gasteiger partial charge is 0.491 e. The molecule has 0 heterocycles. The molecule has 1 saturated carbocycles. The summed E-state index contributed by atoms with van der Waals surface area (Å²) >= 11 is 0. The quantitative estimate of drug-likeness (QED) is 0.666. The van der Waals surface area contributed by atoms with Gasteiger partial charge in [0.05, 0.1) is 12.3 Å². The van der Waals surface area contributed by atoms with Crippen LogP contribution in [-0.4, -0.2) is 18.2 Å². The topological polar surface area (TPSA) is 50.7 Å². The smallest absolute Gasteiger partial charge is 0.243 e. The lowest BCUT2D eigenvalue weighted by Crippen LogP contribution is -2.28. The lowest BCUT2D eigenvalue weighted by molar-refractivity contribution is -0.125. The summed E-state index contributed by atoms with van der Waals surface area (Å²) in [6.45, 7) is 3.98. The lowest BCUT2D eigenvalue weighted by atomic mass is 9.89. The highest BCUT2D eigenvalue weighted by Gasteiger charge is 2.20. The van der Waals surface area contributed by atoms with Crippen molar-refractivity contribution in [2.45, 2.75) is 52.1 Å². The third kappa shape index (κ3) is 5.21. The molecule has 1 fully saturated rings. The van der Waals surface area contributed by atoms with Gasteiger partial charge in [-0.1, -0.05) is 31.4 Å². The van der Waals surface area contributed by atoms with Gasteiger partial charge in [0.2, 0.25) is 5.91 Å². The van der Waals surface area contributed by atoms with Gasteiger partial charge in [-0.3, -0.25) is 4.79 Å². The van der Waals surface area contributed by atoms with Gasteiger partial charge in [0.15, 0.2) is 0 Å². The second kappa shape index (κ2) is 7.81. The van der Waals surface area contributed by atoms with Crippen LogP contribution in [0.15, 0.2) is 29.4 Å². The molecule has 1 N–H and O–H groups in total. The van der Waals surface area contributed by atoms with Crippen molar-refractivity contribution in [2.24, 2.45) is 11.0 Å². The number of ether oxygens (including phenoxy) is 1. The van der Waals surface area contributed by atoms with Gasteiger partial charge in [-0.05, 0) is 44.4 Å². The molecule has 1 aromatic rings. The molecule has 1 aliphatic carbocycles. The van der Waals surface area contributed by atoms with Crippen LogP contribution in [0, 0.1) is 5.92 Å². The Hall–Kier alpha value is -1.84. The summed E-state index contributed by atoms with van der Waals surface area (Å²) in [5, 5.41) is 4.06. The van der Waals surface area contributed by atoms with Crippen molar-refractivity contribution in [3.05, 3.63) is 29.8 Å². The first-order valence-corrected chi connectivity index (χ1v) is 7.75. The Labute approximate surface area is 126 Å². The molecule has 0 unspecified atom stereocenters. The maximum absolute atomic E-state index is 12.0. The number of hydrogen-bond acceptors (Lipinski definition) is 3. The van der Waals surface area contributed by atoms with E-state index in [1.54, 1.807) is 6.21 Å². The Morgan fingerprint density at radius 2 is 2.10 bits per heavy atom. The monoisotopic (exact) mass is 288 g/mol. The molecule has 4 heteroatoms. The van der Waals surface area contributed by atoms with E-state index in [4.69, 9.17) is 4.74 Å². The third-order valence-corrected chi connectivity index (χ3v) is 3.59. The van der Waals surface area contributed by atoms with E-state index in [9.17, 15) is 4.79 Å². The van der Waals surface area contributed by atoms with Crippen molar-refractivity contribution >= 4 is 12.1 Å². The molecule has 4 nitrogen and oxygen atoms in total. The van der Waals surface area contributed by atoms with Gasteiger partial charge in [-0.25, -0.2) is 5.43 Å². The fraction of sp³-hybridized carbons (Fsp3) is 0.529. The van der Waals surface area contributed by atoms with Gasteiger partial charge in [-0.2, -0.15) is 5.10 Å². The Balaban J connectivity index is 1.87. The van der Waals surface area contributed by atoms with Crippen LogP contribution in [0.2, 0.25) is 0 Å². The molecule has 0 radical (unpaired) electrons. The molecule has 21 heavy (non-hydrogen) atoms. The molecule has 1 amide bonds. The maximum Gasteiger partial charge on any atom is 0.243 e. The van der Waals surface area contributed by atoms with Gasteiger partial charge < -0.3 is 4.74 Å². The van der Waals surface area contributed by atoms with Gasteiger partial charge in [0, 0.05) is 5.92 Å². The second-order valence-corrected chi connectivity index (χ2v) is 5.81. The summed E-state index contributed by atoms with van der Waals surface area (Å²) in [5.41, 5.74) is 3.56. The predicted molar refractivity (Wildman–Crippen MR) is 84.5 cm³/mol. The molecule has 0 spiro atoms. The number of nitrogens with zero attached hydrogens (tertiary/aromatic N) is 1. The van der Waals surface area contributed by atoms with E-state index in [1.807, 2.05) is 38.1 Å². The Morgan fingerprint density at radius 1 is 1.33 bits per heavy atom. The number of carbonyl (C=O) groups is 1. The lowest BCUT2D eigenvalue weighted by Gasteiger charge is -2.19. The second-order valence-electron chi connectivity index (χ2n) is 5.81. The molecule has 0 aromatic heterocycles. The van der Waals surface area contributed by atoms with Crippen molar-refractivity contribution in [1.82, 2.24) is 5.43 Å². The van der Waals surface area contributed by atoms with Gasteiger partial charge in [-0.15, -0.1) is 0 Å². The standard InChI is InChI=1S/C17H24N2O2/c1-13(2)21-16-10-6-7-14(11-16)12-18-19-17(20)15-8-4-3-5-9-15/h6-7,10-13,15H,3-5,8-9H2,1-2H3,(H,19,20)/b18-12-. The maximum atomic E-state index is 12.0. The Bertz CT molecular complexity index is 491. The molecule has 2 rings (SSSR count). The summed E-state index contributed by atoms with van der Waals surface area (Å²) < 4.78 is 5.63. The average Bonchev–Trinajstić information content (AvgIpc) is 2.48. The van der Waals surface area contributed by atoms with Crippen LogP contribution in [0.25, 0.3) is 0 Å². The number of nitrogens with one attached hydrogen (secondary N) is 1. The average molecular weight is 288 g/mol. The minimum absolute atomic E-state index is 0.0422. The first kappa shape index (κ1) is 15.5. The molecule has 114 valence electrons. The number of carbonyl (C=O) groups excluding carboxylic acids is 1. The zero-order chi connectivity index (χ0) is 15.1. The molecule has 0 bridgehead atoms. The van der Waals surface area contributed by atoms with Crippen LogP contribution >= 0.6 is 0 Å². The molecule has 0 atom stereocenters. The van der Waals surface area contributed by atoms with Crippen molar-refractivity contribution < 1.29 is 9.53 Å². The van der Waals surface area contributed by atoms with Gasteiger partial charge >= 0.3 is 0 Å². The van der Waals surface area contributed by atoms with Crippen LogP contribution in [0.4, 0.5) is 0 Å². The van der Waals surface area contributed by atoms with Crippen molar-refractivity contribution in [1.29, 1.82) is 0 Å². The summed E-state index contributed by atoms with van der Waals surface area (Å²) in [6, 6.07) is 7.68. The van der Waals surface area contributed by atoms with E-state index in [0.717, 1.165) is 37.0 Å². The minimum Gasteiger partial charge on any atom is -0.491 e. The van der Waals surface area contributed by atoms with E-state index >= 15 is 0 Å². The number of hydrazone groups is 1.